The maximum atomic E-state index is 11.1. The van der Waals surface area contributed by atoms with Crippen LogP contribution in [-0.2, 0) is 4.79 Å². The van der Waals surface area contributed by atoms with Gasteiger partial charge in [0.05, 0.1) is 7.85 Å². The molecule has 1 fully saturated rings. The van der Waals surface area contributed by atoms with E-state index in [4.69, 9.17) is 18.7 Å². The highest BCUT2D eigenvalue weighted by Crippen LogP contribution is 2.26. The highest BCUT2D eigenvalue weighted by Gasteiger charge is 2.43. The van der Waals surface area contributed by atoms with Crippen LogP contribution in [0.4, 0.5) is 0 Å². The van der Waals surface area contributed by atoms with Crippen LogP contribution in [0, 0.1) is 5.92 Å². The van der Waals surface area contributed by atoms with Gasteiger partial charge in [0.1, 0.15) is 5.54 Å². The zero-order valence-corrected chi connectivity index (χ0v) is 8.33. The molecule has 0 aromatic heterocycles. The SMILES string of the molecule is [B]CCC[C@@H]1CNCCC1(N)C(=O)O. The Morgan fingerprint density at radius 3 is 3.00 bits per heavy atom. The Morgan fingerprint density at radius 2 is 2.43 bits per heavy atom. The third kappa shape index (κ3) is 2.28. The van der Waals surface area contributed by atoms with Gasteiger partial charge in [-0.15, -0.1) is 0 Å². The molecule has 14 heavy (non-hydrogen) atoms. The first-order chi connectivity index (χ1) is 6.61. The molecule has 2 atom stereocenters. The highest BCUT2D eigenvalue weighted by molar-refractivity contribution is 6.08. The average molecular weight is 196 g/mol. The highest BCUT2D eigenvalue weighted by atomic mass is 16.4. The summed E-state index contributed by atoms with van der Waals surface area (Å²) in [5.41, 5.74) is 4.85. The third-order valence-electron chi connectivity index (χ3n) is 2.99. The molecule has 1 saturated heterocycles. The van der Waals surface area contributed by atoms with E-state index in [1.165, 1.54) is 0 Å². The van der Waals surface area contributed by atoms with Crippen LogP contribution in [0.2, 0.25) is 6.32 Å². The summed E-state index contributed by atoms with van der Waals surface area (Å²) in [7, 11) is 5.40. The number of aliphatic carboxylic acids is 1. The normalized spacial score (nSPS) is 32.8. The summed E-state index contributed by atoms with van der Waals surface area (Å²) in [4.78, 5) is 11.1. The average Bonchev–Trinajstić information content (AvgIpc) is 2.16. The first-order valence-electron chi connectivity index (χ1n) is 5.04. The van der Waals surface area contributed by atoms with E-state index in [1.54, 1.807) is 0 Å². The smallest absolute Gasteiger partial charge is 0.324 e. The van der Waals surface area contributed by atoms with Gasteiger partial charge in [0.2, 0.25) is 0 Å². The van der Waals surface area contributed by atoms with Crippen LogP contribution in [0.25, 0.3) is 0 Å². The Labute approximate surface area is 85.7 Å². The second kappa shape index (κ2) is 4.80. The van der Waals surface area contributed by atoms with E-state index in [0.717, 1.165) is 12.8 Å². The molecular weight excluding hydrogens is 179 g/mol. The van der Waals surface area contributed by atoms with E-state index in [1.807, 2.05) is 0 Å². The fraction of sp³-hybridized carbons (Fsp3) is 0.889. The zero-order chi connectivity index (χ0) is 10.6. The minimum atomic E-state index is -1.06. The molecule has 0 aliphatic carbocycles. The molecule has 1 heterocycles. The Kier molecular flexibility index (Phi) is 3.95. The third-order valence-corrected chi connectivity index (χ3v) is 2.99. The Morgan fingerprint density at radius 1 is 1.71 bits per heavy atom. The number of carboxylic acid groups (broad SMARTS) is 1. The van der Waals surface area contributed by atoms with Crippen molar-refractivity contribution in [3.05, 3.63) is 0 Å². The maximum absolute atomic E-state index is 11.1. The molecule has 1 rings (SSSR count). The molecular formula is C9H17BN2O2. The van der Waals surface area contributed by atoms with Gasteiger partial charge in [-0.25, -0.2) is 0 Å². The van der Waals surface area contributed by atoms with Gasteiger partial charge in [-0.05, 0) is 19.4 Å². The molecule has 78 valence electrons. The van der Waals surface area contributed by atoms with Gasteiger partial charge in [0.25, 0.3) is 0 Å². The molecule has 2 radical (unpaired) electrons. The van der Waals surface area contributed by atoms with E-state index in [2.05, 4.69) is 5.32 Å². The lowest BCUT2D eigenvalue weighted by Gasteiger charge is -2.38. The number of nitrogens with one attached hydrogen (secondary N) is 1. The number of carboxylic acids is 1. The predicted octanol–water partition coefficient (Wildman–Crippen LogP) is -0.255. The summed E-state index contributed by atoms with van der Waals surface area (Å²) in [6.07, 6.45) is 2.70. The summed E-state index contributed by atoms with van der Waals surface area (Å²) in [6.45, 7) is 1.37. The van der Waals surface area contributed by atoms with Crippen molar-refractivity contribution in [1.29, 1.82) is 0 Å². The summed E-state index contributed by atoms with van der Waals surface area (Å²) in [5, 5.41) is 12.3. The molecule has 0 amide bonds. The number of rotatable bonds is 4. The monoisotopic (exact) mass is 196 g/mol. The van der Waals surface area contributed by atoms with E-state index < -0.39 is 11.5 Å². The number of hydrogen-bond acceptors (Lipinski definition) is 3. The molecule has 0 aromatic carbocycles. The van der Waals surface area contributed by atoms with Gasteiger partial charge in [0.15, 0.2) is 0 Å². The van der Waals surface area contributed by atoms with Crippen molar-refractivity contribution in [2.24, 2.45) is 11.7 Å². The number of piperidine rings is 1. The van der Waals surface area contributed by atoms with Crippen LogP contribution in [0.3, 0.4) is 0 Å². The van der Waals surface area contributed by atoms with E-state index in [-0.39, 0.29) is 5.92 Å². The molecule has 4 nitrogen and oxygen atoms in total. The molecule has 0 saturated carbocycles. The first kappa shape index (κ1) is 11.5. The quantitative estimate of drug-likeness (QED) is 0.541. The van der Waals surface area contributed by atoms with Crippen molar-refractivity contribution in [3.8, 4) is 0 Å². The van der Waals surface area contributed by atoms with Crippen LogP contribution < -0.4 is 11.1 Å². The lowest BCUT2D eigenvalue weighted by Crippen LogP contribution is -2.61. The molecule has 1 unspecified atom stereocenters. The van der Waals surface area contributed by atoms with Crippen molar-refractivity contribution in [1.82, 2.24) is 5.32 Å². The van der Waals surface area contributed by atoms with Crippen molar-refractivity contribution in [3.63, 3.8) is 0 Å². The standard InChI is InChI=1S/C9H17BN2O2/c10-4-1-2-7-6-12-5-3-9(7,11)8(13)14/h7,12H,1-6,11H2,(H,13,14)/t7-,9?/m1/s1. The van der Waals surface area contributed by atoms with Crippen LogP contribution >= 0.6 is 0 Å². The molecule has 0 spiro atoms. The minimum Gasteiger partial charge on any atom is -0.480 e. The minimum absolute atomic E-state index is 0.00250. The second-order valence-corrected chi connectivity index (χ2v) is 3.93. The van der Waals surface area contributed by atoms with Crippen LogP contribution in [0.15, 0.2) is 0 Å². The van der Waals surface area contributed by atoms with Gasteiger partial charge in [-0.2, -0.15) is 0 Å². The van der Waals surface area contributed by atoms with Crippen LogP contribution in [0.5, 0.6) is 0 Å². The topological polar surface area (TPSA) is 75.3 Å². The number of hydrogen-bond donors (Lipinski definition) is 3. The van der Waals surface area contributed by atoms with Crippen LogP contribution in [-0.4, -0.2) is 37.6 Å². The number of carbonyl (C=O) groups is 1. The van der Waals surface area contributed by atoms with E-state index in [0.29, 0.717) is 25.8 Å². The van der Waals surface area contributed by atoms with Gasteiger partial charge in [-0.3, -0.25) is 4.79 Å². The zero-order valence-electron chi connectivity index (χ0n) is 8.33. The van der Waals surface area contributed by atoms with Gasteiger partial charge in [0, 0.05) is 12.5 Å². The molecule has 0 aromatic rings. The summed E-state index contributed by atoms with van der Waals surface area (Å²) in [5.74, 6) is -0.890. The lowest BCUT2D eigenvalue weighted by atomic mass is 9.76. The van der Waals surface area contributed by atoms with Crippen molar-refractivity contribution in [2.45, 2.75) is 31.1 Å². The van der Waals surface area contributed by atoms with E-state index >= 15 is 0 Å². The fourth-order valence-corrected chi connectivity index (χ4v) is 1.96. The van der Waals surface area contributed by atoms with Crippen molar-refractivity contribution in [2.75, 3.05) is 13.1 Å². The van der Waals surface area contributed by atoms with Gasteiger partial charge >= 0.3 is 5.97 Å². The molecule has 5 heteroatoms. The summed E-state index contributed by atoms with van der Waals surface area (Å²) >= 11 is 0. The Balaban J connectivity index is 2.63. The number of nitrogens with two attached hydrogens (primary N) is 1. The summed E-state index contributed by atoms with van der Waals surface area (Å²) < 4.78 is 0. The first-order valence-corrected chi connectivity index (χ1v) is 5.04. The van der Waals surface area contributed by atoms with Gasteiger partial charge in [-0.1, -0.05) is 12.7 Å². The Hall–Kier alpha value is -0.545. The summed E-state index contributed by atoms with van der Waals surface area (Å²) in [6, 6.07) is 0. The van der Waals surface area contributed by atoms with Crippen molar-refractivity contribution >= 4 is 13.8 Å². The Bertz CT molecular complexity index is 213. The predicted molar refractivity (Wildman–Crippen MR) is 55.3 cm³/mol. The largest absolute Gasteiger partial charge is 0.480 e. The fourth-order valence-electron chi connectivity index (χ4n) is 1.96. The molecule has 0 bridgehead atoms. The molecule has 1 aliphatic rings. The van der Waals surface area contributed by atoms with Crippen molar-refractivity contribution < 1.29 is 9.90 Å². The molecule has 1 aliphatic heterocycles. The maximum Gasteiger partial charge on any atom is 0.324 e. The van der Waals surface area contributed by atoms with E-state index in [9.17, 15) is 4.79 Å². The van der Waals surface area contributed by atoms with Crippen LogP contribution in [0.1, 0.15) is 19.3 Å². The molecule has 4 N–H and O–H groups in total. The second-order valence-electron chi connectivity index (χ2n) is 3.93. The van der Waals surface area contributed by atoms with Gasteiger partial charge < -0.3 is 16.2 Å². The lowest BCUT2D eigenvalue weighted by molar-refractivity contribution is -0.146.